The van der Waals surface area contributed by atoms with E-state index in [2.05, 4.69) is 32.5 Å². The SMILES string of the molecule is C=CC(=O)Nc1cc(F)ccc1Nc1nc(NC2CCCC(C(N)=O)C2)ncc1C(F)(F)F. The lowest BCUT2D eigenvalue weighted by Gasteiger charge is -2.28. The number of nitrogens with two attached hydrogens (primary N) is 1. The molecule has 0 aliphatic heterocycles. The molecule has 2 unspecified atom stereocenters. The maximum atomic E-state index is 13.7. The van der Waals surface area contributed by atoms with E-state index in [1.165, 1.54) is 6.07 Å². The van der Waals surface area contributed by atoms with Crippen molar-refractivity contribution in [3.05, 3.63) is 48.4 Å². The van der Waals surface area contributed by atoms with E-state index in [0.29, 0.717) is 25.5 Å². The molecule has 1 fully saturated rings. The van der Waals surface area contributed by atoms with Gasteiger partial charge in [0.2, 0.25) is 17.8 Å². The third-order valence-electron chi connectivity index (χ3n) is 5.18. The molecule has 176 valence electrons. The summed E-state index contributed by atoms with van der Waals surface area (Å²) in [6.45, 7) is 3.29. The Balaban J connectivity index is 1.91. The van der Waals surface area contributed by atoms with Crippen LogP contribution in [0.25, 0.3) is 0 Å². The van der Waals surface area contributed by atoms with E-state index >= 15 is 0 Å². The average Bonchev–Trinajstić information content (AvgIpc) is 2.75. The fourth-order valence-electron chi connectivity index (χ4n) is 3.56. The molecule has 1 aromatic heterocycles. The van der Waals surface area contributed by atoms with Crippen LogP contribution in [0.2, 0.25) is 0 Å². The molecule has 1 aromatic carbocycles. The highest BCUT2D eigenvalue weighted by molar-refractivity contribution is 6.01. The van der Waals surface area contributed by atoms with Crippen LogP contribution < -0.4 is 21.7 Å². The number of hydrogen-bond donors (Lipinski definition) is 4. The van der Waals surface area contributed by atoms with Gasteiger partial charge in [0.05, 0.1) is 11.4 Å². The third kappa shape index (κ3) is 6.18. The molecular formula is C21H22F4N6O2. The number of nitrogens with zero attached hydrogens (tertiary/aromatic N) is 2. The van der Waals surface area contributed by atoms with Crippen LogP contribution in [0.5, 0.6) is 0 Å². The lowest BCUT2D eigenvalue weighted by molar-refractivity contribution is -0.137. The molecule has 5 N–H and O–H groups in total. The second kappa shape index (κ2) is 9.84. The van der Waals surface area contributed by atoms with Gasteiger partial charge in [0, 0.05) is 18.2 Å². The van der Waals surface area contributed by atoms with Crippen LogP contribution in [0.3, 0.4) is 0 Å². The maximum absolute atomic E-state index is 13.7. The van der Waals surface area contributed by atoms with E-state index in [4.69, 9.17) is 5.73 Å². The Labute approximate surface area is 186 Å². The first-order valence-corrected chi connectivity index (χ1v) is 10.1. The van der Waals surface area contributed by atoms with E-state index in [9.17, 15) is 27.2 Å². The number of halogens is 4. The highest BCUT2D eigenvalue weighted by Gasteiger charge is 2.36. The molecule has 0 bridgehead atoms. The summed E-state index contributed by atoms with van der Waals surface area (Å²) in [7, 11) is 0. The van der Waals surface area contributed by atoms with Gasteiger partial charge in [-0.05, 0) is 43.5 Å². The molecule has 1 aliphatic rings. The second-order valence-electron chi connectivity index (χ2n) is 7.57. The van der Waals surface area contributed by atoms with E-state index < -0.39 is 35.2 Å². The predicted octanol–water partition coefficient (Wildman–Crippen LogP) is 3.96. The van der Waals surface area contributed by atoms with Crippen LogP contribution in [0.1, 0.15) is 31.2 Å². The topological polar surface area (TPSA) is 122 Å². The largest absolute Gasteiger partial charge is 0.421 e. The number of anilines is 4. The minimum Gasteiger partial charge on any atom is -0.369 e. The summed E-state index contributed by atoms with van der Waals surface area (Å²) >= 11 is 0. The zero-order chi connectivity index (χ0) is 24.2. The standard InChI is InChI=1S/C21H22F4N6O2/c1-2-17(32)29-16-9-12(22)6-7-15(16)30-19-14(21(23,24)25)10-27-20(31-19)28-13-5-3-4-11(8-13)18(26)33/h2,6-7,9-11,13H,1,3-5,8H2,(H2,26,33)(H,29,32)(H2,27,28,30,31). The molecular weight excluding hydrogens is 444 g/mol. The Hall–Kier alpha value is -3.70. The molecule has 33 heavy (non-hydrogen) atoms. The fourth-order valence-corrected chi connectivity index (χ4v) is 3.56. The molecule has 0 saturated heterocycles. The second-order valence-corrected chi connectivity index (χ2v) is 7.57. The first kappa shape index (κ1) is 24.0. The van der Waals surface area contributed by atoms with Crippen molar-refractivity contribution in [3.63, 3.8) is 0 Å². The van der Waals surface area contributed by atoms with Crippen molar-refractivity contribution in [2.75, 3.05) is 16.0 Å². The molecule has 8 nitrogen and oxygen atoms in total. The predicted molar refractivity (Wildman–Crippen MR) is 114 cm³/mol. The van der Waals surface area contributed by atoms with Crippen LogP contribution in [0.4, 0.5) is 40.7 Å². The molecule has 2 atom stereocenters. The van der Waals surface area contributed by atoms with Crippen LogP contribution in [0, 0.1) is 11.7 Å². The Kier molecular flexibility index (Phi) is 7.14. The van der Waals surface area contributed by atoms with Crippen LogP contribution in [-0.4, -0.2) is 27.8 Å². The molecule has 1 saturated carbocycles. The molecule has 0 spiro atoms. The van der Waals surface area contributed by atoms with Crippen molar-refractivity contribution in [2.45, 2.75) is 37.9 Å². The van der Waals surface area contributed by atoms with Crippen molar-refractivity contribution in [1.29, 1.82) is 0 Å². The summed E-state index contributed by atoms with van der Waals surface area (Å²) in [6.07, 6.45) is -0.765. The minimum atomic E-state index is -4.78. The van der Waals surface area contributed by atoms with Crippen LogP contribution in [-0.2, 0) is 15.8 Å². The molecule has 3 rings (SSSR count). The molecule has 0 radical (unpaired) electrons. The van der Waals surface area contributed by atoms with Gasteiger partial charge in [0.1, 0.15) is 17.2 Å². The molecule has 12 heteroatoms. The number of rotatable bonds is 7. The fraction of sp³-hybridized carbons (Fsp3) is 0.333. The Bertz CT molecular complexity index is 1060. The van der Waals surface area contributed by atoms with Crippen molar-refractivity contribution in [3.8, 4) is 0 Å². The molecule has 2 amide bonds. The Morgan fingerprint density at radius 3 is 2.64 bits per heavy atom. The summed E-state index contributed by atoms with van der Waals surface area (Å²) < 4.78 is 54.4. The van der Waals surface area contributed by atoms with Crippen LogP contribution >= 0.6 is 0 Å². The van der Waals surface area contributed by atoms with Crippen molar-refractivity contribution < 1.29 is 27.2 Å². The zero-order valence-electron chi connectivity index (χ0n) is 17.4. The van der Waals surface area contributed by atoms with Gasteiger partial charge in [-0.3, -0.25) is 9.59 Å². The number of primary amides is 1. The van der Waals surface area contributed by atoms with E-state index in [1.807, 2.05) is 0 Å². The van der Waals surface area contributed by atoms with Gasteiger partial charge in [-0.2, -0.15) is 18.2 Å². The number of alkyl halides is 3. The van der Waals surface area contributed by atoms with Crippen molar-refractivity contribution >= 4 is 35.0 Å². The van der Waals surface area contributed by atoms with E-state index in [1.54, 1.807) is 0 Å². The van der Waals surface area contributed by atoms with Crippen LogP contribution in [0.15, 0.2) is 37.1 Å². The number of hydrogen-bond acceptors (Lipinski definition) is 6. The summed E-state index contributed by atoms with van der Waals surface area (Å²) in [5.74, 6) is -2.82. The lowest BCUT2D eigenvalue weighted by Crippen LogP contribution is -2.34. The van der Waals surface area contributed by atoms with Crippen molar-refractivity contribution in [2.24, 2.45) is 11.7 Å². The van der Waals surface area contributed by atoms with Gasteiger partial charge in [-0.15, -0.1) is 0 Å². The van der Waals surface area contributed by atoms with Gasteiger partial charge in [-0.1, -0.05) is 13.0 Å². The lowest BCUT2D eigenvalue weighted by atomic mass is 9.85. The van der Waals surface area contributed by atoms with E-state index in [-0.39, 0.29) is 29.3 Å². The number of aromatic nitrogens is 2. The van der Waals surface area contributed by atoms with Gasteiger partial charge in [0.25, 0.3) is 0 Å². The number of carbonyl (C=O) groups excluding carboxylic acids is 2. The smallest absolute Gasteiger partial charge is 0.369 e. The molecule has 1 heterocycles. The summed E-state index contributed by atoms with van der Waals surface area (Å²) in [4.78, 5) is 30.9. The normalized spacial score (nSPS) is 18.3. The Morgan fingerprint density at radius 1 is 1.21 bits per heavy atom. The van der Waals surface area contributed by atoms with Gasteiger partial charge in [0.15, 0.2) is 0 Å². The zero-order valence-corrected chi connectivity index (χ0v) is 17.4. The van der Waals surface area contributed by atoms with E-state index in [0.717, 1.165) is 24.6 Å². The maximum Gasteiger partial charge on any atom is 0.421 e. The summed E-state index contributed by atoms with van der Waals surface area (Å²) in [6, 6.07) is 2.89. The summed E-state index contributed by atoms with van der Waals surface area (Å²) in [5.41, 5.74) is 4.10. The highest BCUT2D eigenvalue weighted by atomic mass is 19.4. The molecule has 2 aromatic rings. The van der Waals surface area contributed by atoms with Crippen molar-refractivity contribution in [1.82, 2.24) is 9.97 Å². The van der Waals surface area contributed by atoms with Gasteiger partial charge in [-0.25, -0.2) is 9.37 Å². The highest BCUT2D eigenvalue weighted by Crippen LogP contribution is 2.37. The number of carbonyl (C=O) groups is 2. The minimum absolute atomic E-state index is 0.0202. The first-order chi connectivity index (χ1) is 15.6. The quantitative estimate of drug-likeness (QED) is 0.362. The molecule has 1 aliphatic carbocycles. The Morgan fingerprint density at radius 2 is 1.97 bits per heavy atom. The monoisotopic (exact) mass is 466 g/mol. The number of amides is 2. The average molecular weight is 466 g/mol. The summed E-state index contributed by atoms with van der Waals surface area (Å²) in [5, 5.41) is 7.80. The number of nitrogens with one attached hydrogen (secondary N) is 3. The number of benzene rings is 1. The third-order valence-corrected chi connectivity index (χ3v) is 5.18. The van der Waals surface area contributed by atoms with Gasteiger partial charge >= 0.3 is 6.18 Å². The van der Waals surface area contributed by atoms with Gasteiger partial charge < -0.3 is 21.7 Å². The first-order valence-electron chi connectivity index (χ1n) is 10.1.